The van der Waals surface area contributed by atoms with Gasteiger partial charge >= 0.3 is 0 Å². The Labute approximate surface area is 136 Å². The number of hydrogen-bond donors (Lipinski definition) is 1. The van der Waals surface area contributed by atoms with Crippen molar-refractivity contribution in [2.75, 3.05) is 12.3 Å². The Morgan fingerprint density at radius 3 is 2.95 bits per heavy atom. The standard InChI is InChI=1S/C15H15N3O2S2/c1-9-7-12-8-11(3-4-13(12)20-9)14(19)16-5-6-21-15-18-17-10(2)22-15/h3-4,7-8H,5-6H2,1-2H3,(H,16,19). The fourth-order valence-corrected chi connectivity index (χ4v) is 3.80. The minimum absolute atomic E-state index is 0.0743. The number of furan rings is 1. The van der Waals surface area contributed by atoms with E-state index >= 15 is 0 Å². The third-order valence-electron chi connectivity index (χ3n) is 3.02. The lowest BCUT2D eigenvalue weighted by Gasteiger charge is -2.04. The molecule has 1 amide bonds. The van der Waals surface area contributed by atoms with Gasteiger partial charge in [0.05, 0.1) is 0 Å². The number of aromatic nitrogens is 2. The summed E-state index contributed by atoms with van der Waals surface area (Å²) in [6.45, 7) is 4.41. The molecule has 22 heavy (non-hydrogen) atoms. The maximum Gasteiger partial charge on any atom is 0.251 e. The molecule has 0 fully saturated rings. The van der Waals surface area contributed by atoms with Crippen molar-refractivity contribution in [1.29, 1.82) is 0 Å². The Bertz CT molecular complexity index is 810. The number of nitrogens with one attached hydrogen (secondary N) is 1. The van der Waals surface area contributed by atoms with Gasteiger partial charge in [-0.25, -0.2) is 0 Å². The molecule has 0 spiro atoms. The number of rotatable bonds is 5. The molecule has 1 aromatic carbocycles. The number of fused-ring (bicyclic) bond motifs is 1. The van der Waals surface area contributed by atoms with Gasteiger partial charge in [0.1, 0.15) is 16.4 Å². The van der Waals surface area contributed by atoms with Crippen molar-refractivity contribution in [2.45, 2.75) is 18.2 Å². The number of hydrogen-bond acceptors (Lipinski definition) is 6. The van der Waals surface area contributed by atoms with E-state index in [1.54, 1.807) is 29.2 Å². The van der Waals surface area contributed by atoms with Gasteiger partial charge in [0.2, 0.25) is 0 Å². The molecule has 0 bridgehead atoms. The van der Waals surface area contributed by atoms with Gasteiger partial charge in [0.15, 0.2) is 4.34 Å². The van der Waals surface area contributed by atoms with Crippen LogP contribution < -0.4 is 5.32 Å². The molecule has 0 aliphatic heterocycles. The van der Waals surface area contributed by atoms with E-state index in [9.17, 15) is 4.79 Å². The van der Waals surface area contributed by atoms with Crippen LogP contribution in [0.15, 0.2) is 33.0 Å². The van der Waals surface area contributed by atoms with Crippen molar-refractivity contribution >= 4 is 40.0 Å². The van der Waals surface area contributed by atoms with Crippen molar-refractivity contribution in [3.63, 3.8) is 0 Å². The molecule has 2 heterocycles. The Morgan fingerprint density at radius 1 is 1.32 bits per heavy atom. The van der Waals surface area contributed by atoms with E-state index in [2.05, 4.69) is 15.5 Å². The van der Waals surface area contributed by atoms with E-state index in [1.165, 1.54) is 0 Å². The lowest BCUT2D eigenvalue weighted by Crippen LogP contribution is -2.25. The van der Waals surface area contributed by atoms with Crippen LogP contribution in [0.2, 0.25) is 0 Å². The second kappa shape index (κ2) is 6.50. The molecule has 3 aromatic rings. The number of carbonyl (C=O) groups excluding carboxylic acids is 1. The maximum atomic E-state index is 12.1. The Morgan fingerprint density at radius 2 is 2.18 bits per heavy atom. The van der Waals surface area contributed by atoms with Crippen molar-refractivity contribution in [2.24, 2.45) is 0 Å². The summed E-state index contributed by atoms with van der Waals surface area (Å²) in [4.78, 5) is 12.1. The molecule has 1 N–H and O–H groups in total. The second-order valence-electron chi connectivity index (χ2n) is 4.80. The molecule has 0 aliphatic rings. The highest BCUT2D eigenvalue weighted by atomic mass is 32.2. The summed E-state index contributed by atoms with van der Waals surface area (Å²) < 4.78 is 6.44. The van der Waals surface area contributed by atoms with Crippen LogP contribution in [0.25, 0.3) is 11.0 Å². The minimum atomic E-state index is -0.0743. The molecule has 7 heteroatoms. The highest BCUT2D eigenvalue weighted by molar-refractivity contribution is 8.01. The van der Waals surface area contributed by atoms with E-state index in [1.807, 2.05) is 32.0 Å². The predicted molar refractivity (Wildman–Crippen MR) is 88.7 cm³/mol. The summed E-state index contributed by atoms with van der Waals surface area (Å²) >= 11 is 3.16. The third-order valence-corrected chi connectivity index (χ3v) is 5.00. The molecule has 0 unspecified atom stereocenters. The Balaban J connectivity index is 1.54. The van der Waals surface area contributed by atoms with Gasteiger partial charge in [-0.3, -0.25) is 4.79 Å². The average Bonchev–Trinajstić information content (AvgIpc) is 3.07. The average molecular weight is 333 g/mol. The first-order valence-electron chi connectivity index (χ1n) is 6.83. The molecule has 5 nitrogen and oxygen atoms in total. The highest BCUT2D eigenvalue weighted by Crippen LogP contribution is 2.21. The normalized spacial score (nSPS) is 11.0. The molecule has 0 radical (unpaired) electrons. The fourth-order valence-electron chi connectivity index (χ4n) is 2.06. The largest absolute Gasteiger partial charge is 0.461 e. The molecule has 0 atom stereocenters. The first kappa shape index (κ1) is 15.1. The lowest BCUT2D eigenvalue weighted by molar-refractivity contribution is 0.0956. The number of amides is 1. The van der Waals surface area contributed by atoms with Crippen LogP contribution in [-0.2, 0) is 0 Å². The topological polar surface area (TPSA) is 68.0 Å². The second-order valence-corrected chi connectivity index (χ2v) is 7.32. The first-order chi connectivity index (χ1) is 10.6. The van der Waals surface area contributed by atoms with Gasteiger partial charge in [-0.15, -0.1) is 10.2 Å². The van der Waals surface area contributed by atoms with Crippen LogP contribution in [-0.4, -0.2) is 28.4 Å². The molecule has 0 aliphatic carbocycles. The van der Waals surface area contributed by atoms with Gasteiger partial charge in [-0.05, 0) is 38.1 Å². The fraction of sp³-hybridized carbons (Fsp3) is 0.267. The first-order valence-corrected chi connectivity index (χ1v) is 8.63. The van der Waals surface area contributed by atoms with E-state index in [0.717, 1.165) is 31.8 Å². The maximum absolute atomic E-state index is 12.1. The van der Waals surface area contributed by atoms with E-state index in [0.29, 0.717) is 12.1 Å². The predicted octanol–water partition coefficient (Wildman–Crippen LogP) is 3.42. The number of nitrogens with zero attached hydrogens (tertiary/aromatic N) is 2. The van der Waals surface area contributed by atoms with Crippen LogP contribution in [0.4, 0.5) is 0 Å². The van der Waals surface area contributed by atoms with E-state index in [4.69, 9.17) is 4.42 Å². The van der Waals surface area contributed by atoms with E-state index in [-0.39, 0.29) is 5.91 Å². The lowest BCUT2D eigenvalue weighted by atomic mass is 10.1. The zero-order chi connectivity index (χ0) is 15.5. The zero-order valence-corrected chi connectivity index (χ0v) is 13.9. The van der Waals surface area contributed by atoms with Crippen LogP contribution in [0.1, 0.15) is 21.1 Å². The van der Waals surface area contributed by atoms with Gasteiger partial charge < -0.3 is 9.73 Å². The van der Waals surface area contributed by atoms with Gasteiger partial charge in [0, 0.05) is 23.2 Å². The van der Waals surface area contributed by atoms with Crippen LogP contribution >= 0.6 is 23.1 Å². The Hall–Kier alpha value is -1.86. The summed E-state index contributed by atoms with van der Waals surface area (Å²) in [7, 11) is 0. The van der Waals surface area contributed by atoms with Crippen LogP contribution in [0.3, 0.4) is 0 Å². The Kier molecular flexibility index (Phi) is 4.44. The number of benzene rings is 1. The summed E-state index contributed by atoms with van der Waals surface area (Å²) in [5.41, 5.74) is 1.45. The number of carbonyl (C=O) groups is 1. The van der Waals surface area contributed by atoms with Gasteiger partial charge in [-0.1, -0.05) is 23.1 Å². The zero-order valence-electron chi connectivity index (χ0n) is 12.3. The molecule has 0 saturated carbocycles. The quantitative estimate of drug-likeness (QED) is 0.572. The summed E-state index contributed by atoms with van der Waals surface area (Å²) in [5, 5.41) is 12.8. The molecule has 3 rings (SSSR count). The van der Waals surface area contributed by atoms with Crippen molar-refractivity contribution in [3.8, 4) is 0 Å². The van der Waals surface area contributed by atoms with Crippen molar-refractivity contribution < 1.29 is 9.21 Å². The van der Waals surface area contributed by atoms with Gasteiger partial charge in [-0.2, -0.15) is 0 Å². The van der Waals surface area contributed by atoms with Gasteiger partial charge in [0.25, 0.3) is 5.91 Å². The van der Waals surface area contributed by atoms with Crippen molar-refractivity contribution in [1.82, 2.24) is 15.5 Å². The van der Waals surface area contributed by atoms with Crippen molar-refractivity contribution in [3.05, 3.63) is 40.6 Å². The summed E-state index contributed by atoms with van der Waals surface area (Å²) in [6, 6.07) is 7.39. The van der Waals surface area contributed by atoms with Crippen LogP contribution in [0.5, 0.6) is 0 Å². The third kappa shape index (κ3) is 3.48. The number of aryl methyl sites for hydroxylation is 2. The van der Waals surface area contributed by atoms with E-state index < -0.39 is 0 Å². The highest BCUT2D eigenvalue weighted by Gasteiger charge is 2.08. The molecular formula is C15H15N3O2S2. The minimum Gasteiger partial charge on any atom is -0.461 e. The molecule has 2 aromatic heterocycles. The smallest absolute Gasteiger partial charge is 0.251 e. The van der Waals surface area contributed by atoms with Crippen LogP contribution in [0, 0.1) is 13.8 Å². The monoisotopic (exact) mass is 333 g/mol. The molecular weight excluding hydrogens is 318 g/mol. The molecule has 114 valence electrons. The number of thioether (sulfide) groups is 1. The summed E-state index contributed by atoms with van der Waals surface area (Å²) in [6.07, 6.45) is 0. The SMILES string of the molecule is Cc1cc2cc(C(=O)NCCSc3nnc(C)s3)ccc2o1. The molecule has 0 saturated heterocycles. The summed E-state index contributed by atoms with van der Waals surface area (Å²) in [5.74, 6) is 1.54.